The molecule has 1 fully saturated rings. The molecule has 134 valence electrons. The third-order valence-electron chi connectivity index (χ3n) is 4.62. The van der Waals surface area contributed by atoms with Crippen molar-refractivity contribution in [3.05, 3.63) is 35.4 Å². The van der Waals surface area contributed by atoms with Gasteiger partial charge in [-0.15, -0.1) is 0 Å². The van der Waals surface area contributed by atoms with Gasteiger partial charge in [0, 0.05) is 44.0 Å². The first kappa shape index (κ1) is 17.3. The van der Waals surface area contributed by atoms with Crippen LogP contribution in [0.5, 0.6) is 5.88 Å². The van der Waals surface area contributed by atoms with Crippen molar-refractivity contribution < 1.29 is 13.9 Å². The third-order valence-corrected chi connectivity index (χ3v) is 4.62. The maximum atomic E-state index is 12.8. The van der Waals surface area contributed by atoms with Crippen LogP contribution in [-0.4, -0.2) is 54.1 Å². The fourth-order valence-corrected chi connectivity index (χ4v) is 3.21. The molecule has 1 aliphatic rings. The Morgan fingerprint density at radius 3 is 2.60 bits per heavy atom. The summed E-state index contributed by atoms with van der Waals surface area (Å²) < 4.78 is 10.7. The molecule has 2 aromatic rings. The van der Waals surface area contributed by atoms with Crippen molar-refractivity contribution in [2.75, 3.05) is 38.2 Å². The van der Waals surface area contributed by atoms with E-state index in [2.05, 4.69) is 14.9 Å². The molecule has 1 saturated heterocycles. The molecule has 0 aliphatic carbocycles. The molecule has 1 aliphatic heterocycles. The highest BCUT2D eigenvalue weighted by Gasteiger charge is 2.28. The van der Waals surface area contributed by atoms with E-state index in [0.717, 1.165) is 17.1 Å². The second-order valence-corrected chi connectivity index (χ2v) is 6.30. The lowest BCUT2D eigenvalue weighted by Gasteiger charge is -2.36. The zero-order chi connectivity index (χ0) is 18.0. The van der Waals surface area contributed by atoms with Gasteiger partial charge in [-0.05, 0) is 26.8 Å². The Morgan fingerprint density at radius 1 is 1.28 bits per heavy atom. The van der Waals surface area contributed by atoms with Crippen LogP contribution in [0.1, 0.15) is 29.9 Å². The van der Waals surface area contributed by atoms with Gasteiger partial charge in [-0.1, -0.05) is 0 Å². The Kier molecular flexibility index (Phi) is 4.92. The zero-order valence-electron chi connectivity index (χ0n) is 15.2. The number of amides is 1. The number of hydrogen-bond donors (Lipinski definition) is 0. The van der Waals surface area contributed by atoms with E-state index >= 15 is 0 Å². The fraction of sp³-hybridized carbons (Fsp3) is 0.500. The molecule has 1 amide bonds. The molecule has 1 unspecified atom stereocenters. The summed E-state index contributed by atoms with van der Waals surface area (Å²) in [4.78, 5) is 25.5. The van der Waals surface area contributed by atoms with Gasteiger partial charge >= 0.3 is 0 Å². The van der Waals surface area contributed by atoms with Crippen molar-refractivity contribution >= 4 is 11.9 Å². The number of carbonyl (C=O) groups excluding carboxylic acids is 1. The van der Waals surface area contributed by atoms with Crippen molar-refractivity contribution in [1.29, 1.82) is 0 Å². The second-order valence-electron chi connectivity index (χ2n) is 6.30. The maximum Gasteiger partial charge on any atom is 0.230 e. The molecule has 7 nitrogen and oxygen atoms in total. The molecular formula is C18H24N4O3. The summed E-state index contributed by atoms with van der Waals surface area (Å²) in [5.41, 5.74) is 0.973. The first-order valence-corrected chi connectivity index (χ1v) is 8.47. The van der Waals surface area contributed by atoms with Gasteiger partial charge in [-0.25, -0.2) is 4.98 Å². The molecule has 1 atom stereocenters. The molecule has 25 heavy (non-hydrogen) atoms. The molecule has 3 heterocycles. The lowest BCUT2D eigenvalue weighted by atomic mass is 9.99. The molecular weight excluding hydrogens is 320 g/mol. The van der Waals surface area contributed by atoms with Crippen LogP contribution in [0.15, 0.2) is 22.7 Å². The van der Waals surface area contributed by atoms with Crippen LogP contribution in [-0.2, 0) is 4.79 Å². The number of piperazine rings is 1. The monoisotopic (exact) mass is 344 g/mol. The molecule has 7 heteroatoms. The van der Waals surface area contributed by atoms with Crippen LogP contribution in [0.2, 0.25) is 0 Å². The number of aromatic nitrogens is 2. The highest BCUT2D eigenvalue weighted by atomic mass is 16.5. The molecule has 0 spiro atoms. The SMILES string of the molecule is COc1ccnc(N2CCN(C(=O)C(C)c3cc(C)oc3C)CC2)n1. The number of methoxy groups -OCH3 is 1. The smallest absolute Gasteiger partial charge is 0.230 e. The third kappa shape index (κ3) is 3.60. The quantitative estimate of drug-likeness (QED) is 0.846. The summed E-state index contributed by atoms with van der Waals surface area (Å²) in [5, 5.41) is 0. The number of carbonyl (C=O) groups is 1. The summed E-state index contributed by atoms with van der Waals surface area (Å²) >= 11 is 0. The van der Waals surface area contributed by atoms with Crippen molar-refractivity contribution in [3.8, 4) is 5.88 Å². The minimum Gasteiger partial charge on any atom is -0.481 e. The summed E-state index contributed by atoms with van der Waals surface area (Å²) in [6.07, 6.45) is 1.69. The number of rotatable bonds is 4. The summed E-state index contributed by atoms with van der Waals surface area (Å²) in [6.45, 7) is 8.46. The minimum absolute atomic E-state index is 0.134. The average molecular weight is 344 g/mol. The second kappa shape index (κ2) is 7.13. The number of hydrogen-bond acceptors (Lipinski definition) is 6. The van der Waals surface area contributed by atoms with Gasteiger partial charge in [-0.3, -0.25) is 4.79 Å². The van der Waals surface area contributed by atoms with E-state index in [9.17, 15) is 4.79 Å². The molecule has 0 radical (unpaired) electrons. The fourth-order valence-electron chi connectivity index (χ4n) is 3.21. The van der Waals surface area contributed by atoms with Gasteiger partial charge < -0.3 is 19.0 Å². The van der Waals surface area contributed by atoms with Crippen molar-refractivity contribution in [2.24, 2.45) is 0 Å². The van der Waals surface area contributed by atoms with Crippen LogP contribution in [0, 0.1) is 13.8 Å². The zero-order valence-corrected chi connectivity index (χ0v) is 15.2. The Labute approximate surface area is 147 Å². The van der Waals surface area contributed by atoms with Crippen molar-refractivity contribution in [1.82, 2.24) is 14.9 Å². The highest BCUT2D eigenvalue weighted by molar-refractivity contribution is 5.83. The van der Waals surface area contributed by atoms with Crippen molar-refractivity contribution in [2.45, 2.75) is 26.7 Å². The van der Waals surface area contributed by atoms with Gasteiger partial charge in [0.1, 0.15) is 11.5 Å². The minimum atomic E-state index is -0.197. The van der Waals surface area contributed by atoms with E-state index in [1.807, 2.05) is 31.7 Å². The van der Waals surface area contributed by atoms with Gasteiger partial charge in [-0.2, -0.15) is 4.98 Å². The highest BCUT2D eigenvalue weighted by Crippen LogP contribution is 2.25. The first-order chi connectivity index (χ1) is 12.0. The molecule has 3 rings (SSSR count). The normalized spacial score (nSPS) is 16.0. The first-order valence-electron chi connectivity index (χ1n) is 8.47. The molecule has 2 aromatic heterocycles. The van der Waals surface area contributed by atoms with Gasteiger partial charge in [0.25, 0.3) is 0 Å². The number of ether oxygens (including phenoxy) is 1. The topological polar surface area (TPSA) is 71.7 Å². The summed E-state index contributed by atoms with van der Waals surface area (Å²) in [7, 11) is 1.59. The number of nitrogens with zero attached hydrogens (tertiary/aromatic N) is 4. The number of aryl methyl sites for hydroxylation is 2. The number of furan rings is 1. The maximum absolute atomic E-state index is 12.8. The van der Waals surface area contributed by atoms with Crippen LogP contribution < -0.4 is 9.64 Å². The van der Waals surface area contributed by atoms with E-state index in [1.165, 1.54) is 0 Å². The number of anilines is 1. The van der Waals surface area contributed by atoms with Crippen LogP contribution in [0.25, 0.3) is 0 Å². The van der Waals surface area contributed by atoms with Gasteiger partial charge in [0.05, 0.1) is 13.0 Å². The molecule has 0 aromatic carbocycles. The predicted molar refractivity (Wildman–Crippen MR) is 94.0 cm³/mol. The van der Waals surface area contributed by atoms with Gasteiger partial charge in [0.15, 0.2) is 0 Å². The summed E-state index contributed by atoms with van der Waals surface area (Å²) in [5.74, 6) is 2.78. The van der Waals surface area contributed by atoms with Gasteiger partial charge in [0.2, 0.25) is 17.7 Å². The molecule has 0 saturated carbocycles. The Balaban J connectivity index is 1.63. The predicted octanol–water partition coefficient (Wildman–Crippen LogP) is 2.15. The van der Waals surface area contributed by atoms with E-state index in [-0.39, 0.29) is 11.8 Å². The average Bonchev–Trinajstić information content (AvgIpc) is 2.99. The summed E-state index contributed by atoms with van der Waals surface area (Å²) in [6, 6.07) is 3.68. The van der Waals surface area contributed by atoms with E-state index in [4.69, 9.17) is 9.15 Å². The van der Waals surface area contributed by atoms with E-state index < -0.39 is 0 Å². The van der Waals surface area contributed by atoms with Crippen molar-refractivity contribution in [3.63, 3.8) is 0 Å². The van der Waals surface area contributed by atoms with Crippen LogP contribution in [0.4, 0.5) is 5.95 Å². The van der Waals surface area contributed by atoms with E-state index in [1.54, 1.807) is 19.4 Å². The molecule has 0 bridgehead atoms. The Hall–Kier alpha value is -2.57. The Morgan fingerprint density at radius 2 is 2.00 bits per heavy atom. The van der Waals surface area contributed by atoms with Crippen LogP contribution >= 0.6 is 0 Å². The Bertz CT molecular complexity index is 751. The standard InChI is InChI=1S/C18H24N4O3/c1-12-11-15(14(3)25-12)13(2)17(23)21-7-9-22(10-8-21)18-19-6-5-16(20-18)24-4/h5-6,11,13H,7-10H2,1-4H3. The molecule has 0 N–H and O–H groups in total. The lowest BCUT2D eigenvalue weighted by molar-refractivity contribution is -0.132. The van der Waals surface area contributed by atoms with Crippen LogP contribution in [0.3, 0.4) is 0 Å². The van der Waals surface area contributed by atoms with E-state index in [0.29, 0.717) is 38.0 Å². The lowest BCUT2D eigenvalue weighted by Crippen LogP contribution is -2.50. The largest absolute Gasteiger partial charge is 0.481 e.